The summed E-state index contributed by atoms with van der Waals surface area (Å²) in [5.41, 5.74) is 3.57. The fraction of sp³-hybridized carbons (Fsp3) is 0.133. The van der Waals surface area contributed by atoms with Crippen LogP contribution < -0.4 is 5.32 Å². The van der Waals surface area contributed by atoms with Crippen molar-refractivity contribution in [1.82, 2.24) is 19.9 Å². The van der Waals surface area contributed by atoms with Crippen LogP contribution in [-0.4, -0.2) is 27.0 Å². The number of nitrogens with zero attached hydrogens (tertiary/aromatic N) is 3. The molecule has 0 bridgehead atoms. The van der Waals surface area contributed by atoms with Crippen LogP contribution in [-0.2, 0) is 11.3 Å². The van der Waals surface area contributed by atoms with Crippen molar-refractivity contribution in [2.24, 2.45) is 0 Å². The number of hydrogen-bond donors (Lipinski definition) is 1. The van der Waals surface area contributed by atoms with Gasteiger partial charge >= 0.3 is 0 Å². The second kappa shape index (κ2) is 5.88. The van der Waals surface area contributed by atoms with E-state index in [0.717, 1.165) is 21.7 Å². The lowest BCUT2D eigenvalue weighted by atomic mass is 10.3. The normalized spacial score (nSPS) is 10.7. The molecule has 2 heterocycles. The van der Waals surface area contributed by atoms with Crippen molar-refractivity contribution in [1.29, 1.82) is 0 Å². The highest BCUT2D eigenvalue weighted by Crippen LogP contribution is 2.27. The third-order valence-electron chi connectivity index (χ3n) is 3.05. The van der Waals surface area contributed by atoms with Crippen molar-refractivity contribution in [3.8, 4) is 10.7 Å². The highest BCUT2D eigenvalue weighted by Gasteiger charge is 2.15. The van der Waals surface area contributed by atoms with Gasteiger partial charge in [-0.3, -0.25) is 9.78 Å². The zero-order chi connectivity index (χ0) is 14.7. The minimum atomic E-state index is -0.0659. The number of hydrogen-bond acceptors (Lipinski definition) is 4. The molecule has 3 aromatic rings. The Hall–Kier alpha value is -2.47. The Morgan fingerprint density at radius 1 is 1.43 bits per heavy atom. The molecular formula is C15H14N4OS. The Morgan fingerprint density at radius 2 is 2.29 bits per heavy atom. The molecule has 0 radical (unpaired) electrons. The van der Waals surface area contributed by atoms with Crippen molar-refractivity contribution in [2.75, 3.05) is 6.54 Å². The van der Waals surface area contributed by atoms with Crippen LogP contribution in [0.25, 0.3) is 21.7 Å². The van der Waals surface area contributed by atoms with E-state index in [0.29, 0.717) is 6.54 Å². The van der Waals surface area contributed by atoms with Crippen LogP contribution in [0.3, 0.4) is 0 Å². The van der Waals surface area contributed by atoms with Gasteiger partial charge in [0.25, 0.3) is 0 Å². The van der Waals surface area contributed by atoms with E-state index < -0.39 is 0 Å². The summed E-state index contributed by atoms with van der Waals surface area (Å²) in [6.45, 7) is 4.28. The second-order valence-corrected chi connectivity index (χ2v) is 5.36. The number of rotatable bonds is 5. The van der Waals surface area contributed by atoms with Gasteiger partial charge in [0, 0.05) is 12.7 Å². The third-order valence-corrected chi connectivity index (χ3v) is 3.82. The number of benzene rings is 1. The monoisotopic (exact) mass is 298 g/mol. The van der Waals surface area contributed by atoms with Crippen LogP contribution in [0, 0.1) is 0 Å². The van der Waals surface area contributed by atoms with Crippen molar-refractivity contribution >= 4 is 28.3 Å². The zero-order valence-electron chi connectivity index (χ0n) is 11.3. The van der Waals surface area contributed by atoms with Gasteiger partial charge in [-0.2, -0.15) is 0 Å². The van der Waals surface area contributed by atoms with E-state index in [2.05, 4.69) is 21.9 Å². The van der Waals surface area contributed by atoms with Crippen LogP contribution in [0.1, 0.15) is 0 Å². The van der Waals surface area contributed by atoms with E-state index in [1.54, 1.807) is 17.8 Å². The maximum atomic E-state index is 12.0. The van der Waals surface area contributed by atoms with E-state index in [1.807, 2.05) is 28.8 Å². The minimum Gasteiger partial charge on any atom is -0.351 e. The molecule has 5 nitrogen and oxygen atoms in total. The number of thiazole rings is 1. The van der Waals surface area contributed by atoms with E-state index in [9.17, 15) is 4.79 Å². The van der Waals surface area contributed by atoms with Gasteiger partial charge in [-0.25, -0.2) is 4.98 Å². The molecule has 0 saturated heterocycles. The molecular weight excluding hydrogens is 284 g/mol. The molecule has 1 N–H and O–H groups in total. The molecule has 0 saturated carbocycles. The lowest BCUT2D eigenvalue weighted by Crippen LogP contribution is -2.27. The standard InChI is InChI=1S/C15H14N4OS/c1-2-7-17-14(20)9-19-12-6-4-3-5-11(12)18-15(19)13-8-16-10-21-13/h2-6,8,10H,1,7,9H2,(H,17,20). The van der Waals surface area contributed by atoms with Crippen molar-refractivity contribution in [2.45, 2.75) is 6.54 Å². The van der Waals surface area contributed by atoms with Crippen LogP contribution in [0.4, 0.5) is 0 Å². The number of amides is 1. The highest BCUT2D eigenvalue weighted by atomic mass is 32.1. The fourth-order valence-electron chi connectivity index (χ4n) is 2.14. The van der Waals surface area contributed by atoms with Gasteiger partial charge in [-0.05, 0) is 12.1 Å². The molecule has 21 heavy (non-hydrogen) atoms. The lowest BCUT2D eigenvalue weighted by molar-refractivity contribution is -0.121. The van der Waals surface area contributed by atoms with Crippen molar-refractivity contribution in [3.63, 3.8) is 0 Å². The first kappa shape index (κ1) is 13.5. The van der Waals surface area contributed by atoms with Crippen molar-refractivity contribution in [3.05, 3.63) is 48.6 Å². The molecule has 6 heteroatoms. The lowest BCUT2D eigenvalue weighted by Gasteiger charge is -2.08. The first-order valence-electron chi connectivity index (χ1n) is 6.51. The Balaban J connectivity index is 2.04. The van der Waals surface area contributed by atoms with E-state index in [-0.39, 0.29) is 12.5 Å². The van der Waals surface area contributed by atoms with Gasteiger partial charge in [0.1, 0.15) is 6.54 Å². The molecule has 1 amide bonds. The predicted octanol–water partition coefficient (Wildman–Crippen LogP) is 2.46. The Bertz CT molecular complexity index is 776. The van der Waals surface area contributed by atoms with Gasteiger partial charge in [0.2, 0.25) is 5.91 Å². The summed E-state index contributed by atoms with van der Waals surface area (Å²) < 4.78 is 1.92. The molecule has 0 spiro atoms. The van der Waals surface area contributed by atoms with Crippen LogP contribution in [0.5, 0.6) is 0 Å². The molecule has 0 aliphatic rings. The summed E-state index contributed by atoms with van der Waals surface area (Å²) >= 11 is 1.51. The predicted molar refractivity (Wildman–Crippen MR) is 84.0 cm³/mol. The molecule has 3 rings (SSSR count). The van der Waals surface area contributed by atoms with Crippen LogP contribution in [0.2, 0.25) is 0 Å². The van der Waals surface area contributed by atoms with Gasteiger partial charge in [0.15, 0.2) is 5.82 Å². The summed E-state index contributed by atoms with van der Waals surface area (Å²) in [6.07, 6.45) is 3.43. The maximum Gasteiger partial charge on any atom is 0.240 e. The Morgan fingerprint density at radius 3 is 3.05 bits per heavy atom. The Labute approximate surface area is 126 Å². The van der Waals surface area contributed by atoms with E-state index >= 15 is 0 Å². The third kappa shape index (κ3) is 2.71. The molecule has 0 aliphatic heterocycles. The quantitative estimate of drug-likeness (QED) is 0.736. The number of carbonyl (C=O) groups is 1. The van der Waals surface area contributed by atoms with E-state index in [4.69, 9.17) is 0 Å². The largest absolute Gasteiger partial charge is 0.351 e. The molecule has 0 unspecified atom stereocenters. The summed E-state index contributed by atoms with van der Waals surface area (Å²) in [5.74, 6) is 0.705. The average Bonchev–Trinajstić information content (AvgIpc) is 3.13. The van der Waals surface area contributed by atoms with Gasteiger partial charge in [0.05, 0.1) is 21.4 Å². The molecule has 0 fully saturated rings. The molecule has 0 aliphatic carbocycles. The zero-order valence-corrected chi connectivity index (χ0v) is 12.1. The molecule has 2 aromatic heterocycles. The number of carbonyl (C=O) groups excluding carboxylic acids is 1. The number of imidazole rings is 1. The number of fused-ring (bicyclic) bond motifs is 1. The topological polar surface area (TPSA) is 59.8 Å². The van der Waals surface area contributed by atoms with Gasteiger partial charge in [-0.15, -0.1) is 17.9 Å². The van der Waals surface area contributed by atoms with Crippen LogP contribution in [0.15, 0.2) is 48.6 Å². The first-order chi connectivity index (χ1) is 10.3. The first-order valence-corrected chi connectivity index (χ1v) is 7.39. The molecule has 0 atom stereocenters. The highest BCUT2D eigenvalue weighted by molar-refractivity contribution is 7.13. The SMILES string of the molecule is C=CCNC(=O)Cn1c(-c2cncs2)nc2ccccc21. The van der Waals surface area contributed by atoms with Gasteiger partial charge in [-0.1, -0.05) is 18.2 Å². The maximum absolute atomic E-state index is 12.0. The number of para-hydroxylation sites is 2. The van der Waals surface area contributed by atoms with Crippen LogP contribution >= 0.6 is 11.3 Å². The van der Waals surface area contributed by atoms with E-state index in [1.165, 1.54) is 11.3 Å². The number of nitrogens with one attached hydrogen (secondary N) is 1. The molecule has 106 valence electrons. The fourth-order valence-corrected chi connectivity index (χ4v) is 2.75. The summed E-state index contributed by atoms with van der Waals surface area (Å²) in [5, 5.41) is 2.79. The molecule has 1 aromatic carbocycles. The number of aromatic nitrogens is 3. The summed E-state index contributed by atoms with van der Waals surface area (Å²) in [6, 6.07) is 7.79. The minimum absolute atomic E-state index is 0.0659. The smallest absolute Gasteiger partial charge is 0.240 e. The summed E-state index contributed by atoms with van der Waals surface area (Å²) in [4.78, 5) is 21.7. The van der Waals surface area contributed by atoms with Crippen molar-refractivity contribution < 1.29 is 4.79 Å². The second-order valence-electron chi connectivity index (χ2n) is 4.47. The summed E-state index contributed by atoms with van der Waals surface area (Å²) in [7, 11) is 0. The van der Waals surface area contributed by atoms with Gasteiger partial charge < -0.3 is 9.88 Å². The Kier molecular flexibility index (Phi) is 3.79. The average molecular weight is 298 g/mol.